The van der Waals surface area contributed by atoms with Gasteiger partial charge in [0.05, 0.1) is 12.5 Å². The fourth-order valence-electron chi connectivity index (χ4n) is 6.96. The number of methoxy groups -OCH3 is 1. The number of benzene rings is 1. The topological polar surface area (TPSA) is 61.8 Å². The molecule has 2 fully saturated rings. The molecule has 3 aliphatic rings. The van der Waals surface area contributed by atoms with Crippen LogP contribution in [0.3, 0.4) is 0 Å². The van der Waals surface area contributed by atoms with E-state index in [2.05, 4.69) is 41.1 Å². The highest BCUT2D eigenvalue weighted by atomic mass is 79.9. The molecule has 0 spiro atoms. The van der Waals surface area contributed by atoms with Gasteiger partial charge in [0.25, 0.3) is 0 Å². The molecule has 31 heavy (non-hydrogen) atoms. The molecule has 0 aromatic heterocycles. The molecular weight excluding hydrogens is 460 g/mol. The van der Waals surface area contributed by atoms with Crippen LogP contribution in [0.4, 0.5) is 0 Å². The highest BCUT2D eigenvalue weighted by Crippen LogP contribution is 2.66. The van der Waals surface area contributed by atoms with Gasteiger partial charge in [-0.05, 0) is 73.1 Å². The van der Waals surface area contributed by atoms with E-state index in [1.165, 1.54) is 25.0 Å². The maximum atomic E-state index is 12.1. The largest absolute Gasteiger partial charge is 0.497 e. The molecule has 4 rings (SSSR count). The number of carbonyl (C=O) groups is 2. The summed E-state index contributed by atoms with van der Waals surface area (Å²) in [5.74, 6) is 1.84. The zero-order chi connectivity index (χ0) is 22.4. The Labute approximate surface area is 193 Å². The quantitative estimate of drug-likeness (QED) is 0.425. The maximum Gasteiger partial charge on any atom is 0.302 e. The van der Waals surface area contributed by atoms with Crippen molar-refractivity contribution in [3.8, 4) is 5.75 Å². The molecule has 0 radical (unpaired) electrons. The van der Waals surface area contributed by atoms with Crippen molar-refractivity contribution in [2.45, 2.75) is 64.9 Å². The van der Waals surface area contributed by atoms with Crippen molar-refractivity contribution in [1.29, 1.82) is 0 Å². The molecule has 6 atom stereocenters. The van der Waals surface area contributed by atoms with Gasteiger partial charge in [-0.3, -0.25) is 9.59 Å². The van der Waals surface area contributed by atoms with Crippen molar-refractivity contribution in [2.75, 3.05) is 19.0 Å². The summed E-state index contributed by atoms with van der Waals surface area (Å²) in [4.78, 5) is 23.8. The first-order valence-corrected chi connectivity index (χ1v) is 12.4. The van der Waals surface area contributed by atoms with E-state index in [-0.39, 0.29) is 30.1 Å². The maximum absolute atomic E-state index is 12.1. The lowest BCUT2D eigenvalue weighted by Crippen LogP contribution is -2.49. The number of hydrogen-bond acceptors (Lipinski definition) is 5. The van der Waals surface area contributed by atoms with Crippen molar-refractivity contribution < 1.29 is 23.8 Å². The van der Waals surface area contributed by atoms with Gasteiger partial charge in [-0.25, -0.2) is 0 Å². The lowest BCUT2D eigenvalue weighted by molar-refractivity contribution is -0.167. The zero-order valence-corrected chi connectivity index (χ0v) is 20.5. The first kappa shape index (κ1) is 22.6. The number of hydrogen-bond donors (Lipinski definition) is 0. The van der Waals surface area contributed by atoms with E-state index < -0.39 is 5.41 Å². The van der Waals surface area contributed by atoms with Crippen LogP contribution in [0.1, 0.15) is 63.5 Å². The monoisotopic (exact) mass is 492 g/mol. The van der Waals surface area contributed by atoms with Crippen molar-refractivity contribution >= 4 is 27.9 Å². The predicted octanol–water partition coefficient (Wildman–Crippen LogP) is 5.04. The van der Waals surface area contributed by atoms with Gasteiger partial charge in [-0.2, -0.15) is 0 Å². The number of rotatable bonds is 5. The molecule has 1 aromatic rings. The molecule has 6 heteroatoms. The summed E-state index contributed by atoms with van der Waals surface area (Å²) in [6, 6.07) is 6.52. The Bertz CT molecular complexity index is 869. The Morgan fingerprint density at radius 2 is 1.97 bits per heavy atom. The summed E-state index contributed by atoms with van der Waals surface area (Å²) in [5.41, 5.74) is 2.35. The Morgan fingerprint density at radius 1 is 1.19 bits per heavy atom. The predicted molar refractivity (Wildman–Crippen MR) is 121 cm³/mol. The molecular formula is C25H33BrO5. The van der Waals surface area contributed by atoms with Gasteiger partial charge in [0.1, 0.15) is 18.5 Å². The first-order valence-electron chi connectivity index (χ1n) is 11.3. The molecule has 5 nitrogen and oxygen atoms in total. The Hall–Kier alpha value is -1.56. The third-order valence-corrected chi connectivity index (χ3v) is 9.38. The minimum atomic E-state index is -0.397. The van der Waals surface area contributed by atoms with Gasteiger partial charge < -0.3 is 14.2 Å². The number of alkyl halides is 1. The van der Waals surface area contributed by atoms with Gasteiger partial charge in [-0.15, -0.1) is 0 Å². The standard InChI is InChI=1S/C25H33BrO5/c1-15(27)30-14-25(13-26)12-22-21-7-5-17-11-18(29-4)6-8-19(17)20(21)9-10-24(22,3)23(25)31-16(2)28/h6,8,11,20-23H,5,7,9-10,12-14H2,1-4H3/t20-,21-,22+,23-,24+,25+/m1/s1. The van der Waals surface area contributed by atoms with Crippen LogP contribution in [-0.2, 0) is 25.5 Å². The third-order valence-electron chi connectivity index (χ3n) is 8.27. The summed E-state index contributed by atoms with van der Waals surface area (Å²) in [6.07, 6.45) is 4.89. The lowest BCUT2D eigenvalue weighted by Gasteiger charge is -2.50. The number of halogens is 1. The number of ether oxygens (including phenoxy) is 3. The molecule has 0 N–H and O–H groups in total. The van der Waals surface area contributed by atoms with Crippen LogP contribution in [0.2, 0.25) is 0 Å². The Balaban J connectivity index is 1.70. The summed E-state index contributed by atoms with van der Waals surface area (Å²) in [5, 5.41) is 0.641. The van der Waals surface area contributed by atoms with Crippen LogP contribution in [0.5, 0.6) is 5.75 Å². The normalized spacial score (nSPS) is 36.0. The average molecular weight is 493 g/mol. The van der Waals surface area contributed by atoms with Gasteiger partial charge in [0, 0.05) is 24.6 Å². The van der Waals surface area contributed by atoms with Crippen molar-refractivity contribution in [1.82, 2.24) is 0 Å². The molecule has 0 unspecified atom stereocenters. The lowest BCUT2D eigenvalue weighted by atomic mass is 9.55. The molecule has 3 aliphatic carbocycles. The zero-order valence-electron chi connectivity index (χ0n) is 18.9. The number of fused-ring (bicyclic) bond motifs is 5. The van der Waals surface area contributed by atoms with E-state index >= 15 is 0 Å². The summed E-state index contributed by atoms with van der Waals surface area (Å²) >= 11 is 3.71. The first-order chi connectivity index (χ1) is 14.7. The van der Waals surface area contributed by atoms with Gasteiger partial charge >= 0.3 is 11.9 Å². The van der Waals surface area contributed by atoms with Crippen LogP contribution in [-0.4, -0.2) is 37.1 Å². The van der Waals surface area contributed by atoms with Crippen LogP contribution < -0.4 is 4.74 Å². The Morgan fingerprint density at radius 3 is 2.61 bits per heavy atom. The highest BCUT2D eigenvalue weighted by Gasteiger charge is 2.65. The second-order valence-electron chi connectivity index (χ2n) is 9.99. The minimum absolute atomic E-state index is 0.120. The van der Waals surface area contributed by atoms with Crippen molar-refractivity contribution in [2.24, 2.45) is 22.7 Å². The van der Waals surface area contributed by atoms with E-state index in [0.29, 0.717) is 23.1 Å². The highest BCUT2D eigenvalue weighted by molar-refractivity contribution is 9.09. The average Bonchev–Trinajstić information content (AvgIpc) is 3.00. The van der Waals surface area contributed by atoms with Gasteiger partial charge in [-0.1, -0.05) is 28.9 Å². The van der Waals surface area contributed by atoms with Gasteiger partial charge in [0.2, 0.25) is 0 Å². The fourth-order valence-corrected chi connectivity index (χ4v) is 7.64. The third kappa shape index (κ3) is 3.79. The molecule has 0 heterocycles. The SMILES string of the molecule is COc1ccc2c(c1)CC[C@@H]1[C@@H]2CC[C@@]2(C)[C@H]1C[C@](CBr)(COC(C)=O)[C@@H]2OC(C)=O. The van der Waals surface area contributed by atoms with E-state index in [0.717, 1.165) is 37.9 Å². The molecule has 0 saturated heterocycles. The van der Waals surface area contributed by atoms with Crippen molar-refractivity contribution in [3.05, 3.63) is 29.3 Å². The van der Waals surface area contributed by atoms with Crippen molar-refractivity contribution in [3.63, 3.8) is 0 Å². The fraction of sp³-hybridized carbons (Fsp3) is 0.680. The van der Waals surface area contributed by atoms with E-state index in [4.69, 9.17) is 14.2 Å². The summed E-state index contributed by atoms with van der Waals surface area (Å²) < 4.78 is 17.0. The molecule has 0 amide bonds. The number of aryl methyl sites for hydroxylation is 1. The van der Waals surface area contributed by atoms with Crippen LogP contribution in [0, 0.1) is 22.7 Å². The smallest absolute Gasteiger partial charge is 0.302 e. The number of carbonyl (C=O) groups excluding carboxylic acids is 2. The van der Waals surface area contributed by atoms with Crippen LogP contribution in [0.25, 0.3) is 0 Å². The van der Waals surface area contributed by atoms with E-state index in [1.54, 1.807) is 7.11 Å². The summed E-state index contributed by atoms with van der Waals surface area (Å²) in [6.45, 7) is 5.50. The second kappa shape index (κ2) is 8.42. The molecule has 0 bridgehead atoms. The van der Waals surface area contributed by atoms with Crippen LogP contribution >= 0.6 is 15.9 Å². The van der Waals surface area contributed by atoms with E-state index in [1.807, 2.05) is 0 Å². The molecule has 170 valence electrons. The van der Waals surface area contributed by atoms with Gasteiger partial charge in [0.15, 0.2) is 0 Å². The molecule has 2 saturated carbocycles. The molecule has 1 aromatic carbocycles. The van der Waals surface area contributed by atoms with Crippen LogP contribution in [0.15, 0.2) is 18.2 Å². The summed E-state index contributed by atoms with van der Waals surface area (Å²) in [7, 11) is 1.72. The number of esters is 2. The minimum Gasteiger partial charge on any atom is -0.497 e. The molecule has 0 aliphatic heterocycles. The van der Waals surface area contributed by atoms with E-state index in [9.17, 15) is 9.59 Å². The second-order valence-corrected chi connectivity index (χ2v) is 10.6. The Kier molecular flexibility index (Phi) is 6.14.